The number of benzene rings is 1. The third-order valence-electron chi connectivity index (χ3n) is 7.36. The third-order valence-corrected chi connectivity index (χ3v) is 7.36. The van der Waals surface area contributed by atoms with Crippen LogP contribution in [0.2, 0.25) is 0 Å². The zero-order chi connectivity index (χ0) is 26.0. The number of carbonyl (C=O) groups excluding carboxylic acids is 2. The minimum absolute atomic E-state index is 0.0251. The lowest BCUT2D eigenvalue weighted by Crippen LogP contribution is -2.48. The van der Waals surface area contributed by atoms with Crippen LogP contribution in [-0.4, -0.2) is 64.5 Å². The number of ether oxygens (including phenoxy) is 2. The molecule has 0 aliphatic carbocycles. The highest BCUT2D eigenvalue weighted by Gasteiger charge is 2.45. The number of hydrogen-bond acceptors (Lipinski definition) is 5. The van der Waals surface area contributed by atoms with Crippen LogP contribution in [0.25, 0.3) is 0 Å². The van der Waals surface area contributed by atoms with Crippen LogP contribution in [0.3, 0.4) is 0 Å². The summed E-state index contributed by atoms with van der Waals surface area (Å²) >= 11 is 0. The fourth-order valence-electron chi connectivity index (χ4n) is 5.42. The SMILES string of the molecule is CC[C@H](C)C1C(OC(C)(C)C)=CC(=O)N1C1CCN(C2=CC(=O)NC2[C@@H](C)OCc2ccccc2)C1. The quantitative estimate of drug-likeness (QED) is 0.561. The molecule has 0 bridgehead atoms. The van der Waals surface area contributed by atoms with Crippen molar-refractivity contribution in [2.75, 3.05) is 13.1 Å². The van der Waals surface area contributed by atoms with Crippen LogP contribution in [-0.2, 0) is 25.7 Å². The van der Waals surface area contributed by atoms with E-state index in [0.717, 1.165) is 36.4 Å². The minimum Gasteiger partial charge on any atom is -0.490 e. The van der Waals surface area contributed by atoms with Gasteiger partial charge in [0.25, 0.3) is 5.91 Å². The molecule has 0 saturated carbocycles. The van der Waals surface area contributed by atoms with Crippen molar-refractivity contribution in [1.29, 1.82) is 0 Å². The van der Waals surface area contributed by atoms with Crippen molar-refractivity contribution in [1.82, 2.24) is 15.1 Å². The highest BCUT2D eigenvalue weighted by molar-refractivity contribution is 5.92. The second-order valence-electron chi connectivity index (χ2n) is 11.3. The van der Waals surface area contributed by atoms with E-state index in [1.54, 1.807) is 12.2 Å². The third kappa shape index (κ3) is 5.77. The summed E-state index contributed by atoms with van der Waals surface area (Å²) in [6.07, 6.45) is 5.01. The molecule has 5 atom stereocenters. The number of hydrogen-bond donors (Lipinski definition) is 1. The molecule has 0 radical (unpaired) electrons. The first kappa shape index (κ1) is 26.3. The number of nitrogens with one attached hydrogen (secondary N) is 1. The molecule has 1 aromatic carbocycles. The molecule has 1 fully saturated rings. The molecule has 3 heterocycles. The monoisotopic (exact) mass is 495 g/mol. The van der Waals surface area contributed by atoms with Gasteiger partial charge in [0.05, 0.1) is 30.8 Å². The van der Waals surface area contributed by atoms with Crippen LogP contribution < -0.4 is 5.32 Å². The highest BCUT2D eigenvalue weighted by Crippen LogP contribution is 2.36. The number of carbonyl (C=O) groups is 2. The van der Waals surface area contributed by atoms with Crippen LogP contribution in [0.1, 0.15) is 59.9 Å². The predicted molar refractivity (Wildman–Crippen MR) is 140 cm³/mol. The van der Waals surface area contributed by atoms with Gasteiger partial charge in [0.1, 0.15) is 11.4 Å². The Morgan fingerprint density at radius 3 is 2.50 bits per heavy atom. The van der Waals surface area contributed by atoms with Gasteiger partial charge in [-0.05, 0) is 45.6 Å². The molecule has 36 heavy (non-hydrogen) atoms. The fourth-order valence-corrected chi connectivity index (χ4v) is 5.42. The lowest BCUT2D eigenvalue weighted by Gasteiger charge is -2.37. The average Bonchev–Trinajstić information content (AvgIpc) is 3.53. The van der Waals surface area contributed by atoms with Crippen molar-refractivity contribution >= 4 is 11.8 Å². The zero-order valence-electron chi connectivity index (χ0n) is 22.5. The van der Waals surface area contributed by atoms with E-state index in [1.165, 1.54) is 0 Å². The normalized spacial score (nSPS) is 26.1. The maximum absolute atomic E-state index is 13.2. The van der Waals surface area contributed by atoms with Crippen LogP contribution in [0.4, 0.5) is 0 Å². The van der Waals surface area contributed by atoms with E-state index in [1.807, 2.05) is 62.9 Å². The van der Waals surface area contributed by atoms with Crippen LogP contribution >= 0.6 is 0 Å². The summed E-state index contributed by atoms with van der Waals surface area (Å²) in [4.78, 5) is 29.9. The van der Waals surface area contributed by atoms with Crippen LogP contribution in [0.5, 0.6) is 0 Å². The average molecular weight is 496 g/mol. The van der Waals surface area contributed by atoms with E-state index < -0.39 is 0 Å². The Balaban J connectivity index is 1.45. The Morgan fingerprint density at radius 1 is 1.11 bits per heavy atom. The number of amides is 2. The molecule has 2 amide bonds. The van der Waals surface area contributed by atoms with Gasteiger partial charge < -0.3 is 24.6 Å². The Morgan fingerprint density at radius 2 is 1.83 bits per heavy atom. The fraction of sp³-hybridized carbons (Fsp3) is 0.586. The van der Waals surface area contributed by atoms with Gasteiger partial charge >= 0.3 is 0 Å². The first-order chi connectivity index (χ1) is 17.1. The van der Waals surface area contributed by atoms with E-state index >= 15 is 0 Å². The summed E-state index contributed by atoms with van der Waals surface area (Å²) in [6, 6.07) is 9.84. The molecule has 7 heteroatoms. The molecule has 3 aliphatic rings. The minimum atomic E-state index is -0.362. The number of nitrogens with zero attached hydrogens (tertiary/aromatic N) is 2. The Hall–Kier alpha value is -2.80. The molecule has 3 aliphatic heterocycles. The smallest absolute Gasteiger partial charge is 0.250 e. The molecule has 1 aromatic rings. The lowest BCUT2D eigenvalue weighted by atomic mass is 9.96. The van der Waals surface area contributed by atoms with Crippen molar-refractivity contribution < 1.29 is 19.1 Å². The molecular weight excluding hydrogens is 454 g/mol. The second kappa shape index (κ2) is 10.7. The van der Waals surface area contributed by atoms with E-state index in [4.69, 9.17) is 9.47 Å². The molecular formula is C29H41N3O4. The molecule has 196 valence electrons. The predicted octanol–water partition coefficient (Wildman–Crippen LogP) is 4.00. The topological polar surface area (TPSA) is 71.1 Å². The van der Waals surface area contributed by atoms with Crippen molar-refractivity contribution in [3.05, 3.63) is 59.5 Å². The van der Waals surface area contributed by atoms with Gasteiger partial charge in [0.15, 0.2) is 0 Å². The van der Waals surface area contributed by atoms with E-state index in [-0.39, 0.29) is 47.6 Å². The summed E-state index contributed by atoms with van der Waals surface area (Å²) in [5.41, 5.74) is 1.69. The van der Waals surface area contributed by atoms with Gasteiger partial charge in [-0.3, -0.25) is 9.59 Å². The van der Waals surface area contributed by atoms with Gasteiger partial charge in [0, 0.05) is 30.9 Å². The van der Waals surface area contributed by atoms with Crippen molar-refractivity contribution in [3.63, 3.8) is 0 Å². The maximum Gasteiger partial charge on any atom is 0.250 e. The van der Waals surface area contributed by atoms with Gasteiger partial charge in [-0.25, -0.2) is 0 Å². The Labute approximate surface area is 215 Å². The lowest BCUT2D eigenvalue weighted by molar-refractivity contribution is -0.129. The molecule has 1 saturated heterocycles. The van der Waals surface area contributed by atoms with Crippen molar-refractivity contribution in [3.8, 4) is 0 Å². The first-order valence-electron chi connectivity index (χ1n) is 13.2. The number of rotatable bonds is 9. The largest absolute Gasteiger partial charge is 0.490 e. The summed E-state index contributed by atoms with van der Waals surface area (Å²) in [6.45, 7) is 14.4. The second-order valence-corrected chi connectivity index (χ2v) is 11.3. The maximum atomic E-state index is 13.2. The molecule has 0 spiro atoms. The zero-order valence-corrected chi connectivity index (χ0v) is 22.5. The van der Waals surface area contributed by atoms with E-state index in [0.29, 0.717) is 13.2 Å². The van der Waals surface area contributed by atoms with E-state index in [9.17, 15) is 9.59 Å². The Kier molecular flexibility index (Phi) is 7.79. The van der Waals surface area contributed by atoms with Gasteiger partial charge in [-0.2, -0.15) is 0 Å². The molecule has 7 nitrogen and oxygen atoms in total. The van der Waals surface area contributed by atoms with E-state index in [2.05, 4.69) is 24.1 Å². The van der Waals surface area contributed by atoms with Crippen LogP contribution in [0.15, 0.2) is 53.9 Å². The molecule has 3 unspecified atom stereocenters. The molecule has 1 N–H and O–H groups in total. The van der Waals surface area contributed by atoms with Gasteiger partial charge in [-0.15, -0.1) is 0 Å². The summed E-state index contributed by atoms with van der Waals surface area (Å²) in [5.74, 6) is 0.994. The molecule has 0 aromatic heterocycles. The summed E-state index contributed by atoms with van der Waals surface area (Å²) in [7, 11) is 0. The van der Waals surface area contributed by atoms with Gasteiger partial charge in [0.2, 0.25) is 5.91 Å². The molecule has 4 rings (SSSR count). The Bertz CT molecular complexity index is 1010. The summed E-state index contributed by atoms with van der Waals surface area (Å²) < 4.78 is 12.4. The van der Waals surface area contributed by atoms with Gasteiger partial charge in [-0.1, -0.05) is 50.6 Å². The standard InChI is InChI=1S/C29H41N3O4/c1-7-19(2)28-24(36-29(4,5)6)16-26(34)32(28)22-13-14-31(17-22)23-15-25(33)30-27(23)20(3)35-18-21-11-9-8-10-12-21/h8-12,15-16,19-20,22,27-28H,7,13-14,17-18H2,1-6H3,(H,30,33)/t19-,20+,22?,27?,28?/m0/s1. The first-order valence-corrected chi connectivity index (χ1v) is 13.2. The highest BCUT2D eigenvalue weighted by atomic mass is 16.5. The summed E-state index contributed by atoms with van der Waals surface area (Å²) in [5, 5.41) is 3.07. The number of likely N-dealkylation sites (tertiary alicyclic amines) is 1. The van der Waals surface area contributed by atoms with Crippen molar-refractivity contribution in [2.24, 2.45) is 5.92 Å². The van der Waals surface area contributed by atoms with Crippen molar-refractivity contribution in [2.45, 2.75) is 90.8 Å². The van der Waals surface area contributed by atoms with Crippen LogP contribution in [0, 0.1) is 5.92 Å².